The van der Waals surface area contributed by atoms with E-state index in [1.54, 1.807) is 18.2 Å². The van der Waals surface area contributed by atoms with E-state index in [0.717, 1.165) is 32.5 Å². The standard InChI is InChI=1S/C17H23FN2O2.ClH/c1-19-12-14-7-9-20(10-8-14)17(21)6-4-13-3-5-16(22-2)15(18)11-13;/h3-6,11,14,19H,7-10,12H2,1-2H3;1H. The van der Waals surface area contributed by atoms with Gasteiger partial charge >= 0.3 is 0 Å². The van der Waals surface area contributed by atoms with Gasteiger partial charge in [-0.05, 0) is 56.1 Å². The minimum absolute atomic E-state index is 0. The van der Waals surface area contributed by atoms with Crippen LogP contribution in [0.4, 0.5) is 4.39 Å². The van der Waals surface area contributed by atoms with Crippen LogP contribution in [-0.4, -0.2) is 44.6 Å². The van der Waals surface area contributed by atoms with Crippen molar-refractivity contribution in [2.45, 2.75) is 12.8 Å². The number of carbonyl (C=O) groups excluding carboxylic acids is 1. The predicted octanol–water partition coefficient (Wildman–Crippen LogP) is 2.73. The summed E-state index contributed by atoms with van der Waals surface area (Å²) in [5.41, 5.74) is 0.650. The molecule has 1 aliphatic rings. The van der Waals surface area contributed by atoms with Crippen LogP contribution >= 0.6 is 12.4 Å². The minimum Gasteiger partial charge on any atom is -0.494 e. The number of halogens is 2. The average molecular weight is 343 g/mol. The Kier molecular flexibility index (Phi) is 8.06. The molecule has 0 bridgehead atoms. The second kappa shape index (κ2) is 9.53. The molecule has 6 heteroatoms. The smallest absolute Gasteiger partial charge is 0.246 e. The summed E-state index contributed by atoms with van der Waals surface area (Å²) >= 11 is 0. The van der Waals surface area contributed by atoms with E-state index in [2.05, 4.69) is 5.32 Å². The number of piperidine rings is 1. The highest BCUT2D eigenvalue weighted by Gasteiger charge is 2.20. The number of nitrogens with zero attached hydrogens (tertiary/aromatic N) is 1. The Morgan fingerprint density at radius 2 is 2.13 bits per heavy atom. The number of hydrogen-bond acceptors (Lipinski definition) is 3. The minimum atomic E-state index is -0.426. The van der Waals surface area contributed by atoms with Crippen LogP contribution in [0.1, 0.15) is 18.4 Å². The van der Waals surface area contributed by atoms with Crippen LogP contribution in [0.25, 0.3) is 6.08 Å². The van der Waals surface area contributed by atoms with Gasteiger partial charge in [-0.1, -0.05) is 6.07 Å². The lowest BCUT2D eigenvalue weighted by Gasteiger charge is -2.31. The lowest BCUT2D eigenvalue weighted by Crippen LogP contribution is -2.39. The Bertz CT molecular complexity index is 543. The van der Waals surface area contributed by atoms with Crippen LogP contribution in [0.5, 0.6) is 5.75 Å². The number of hydrogen-bond donors (Lipinski definition) is 1. The Morgan fingerprint density at radius 3 is 2.70 bits per heavy atom. The average Bonchev–Trinajstić information content (AvgIpc) is 2.54. The second-order valence-electron chi connectivity index (χ2n) is 5.55. The van der Waals surface area contributed by atoms with E-state index in [1.165, 1.54) is 19.3 Å². The summed E-state index contributed by atoms with van der Waals surface area (Å²) < 4.78 is 18.5. The molecule has 1 amide bonds. The monoisotopic (exact) mass is 342 g/mol. The third-order valence-corrected chi connectivity index (χ3v) is 4.01. The number of methoxy groups -OCH3 is 1. The van der Waals surface area contributed by atoms with E-state index in [1.807, 2.05) is 11.9 Å². The van der Waals surface area contributed by atoms with E-state index >= 15 is 0 Å². The van der Waals surface area contributed by atoms with Gasteiger partial charge in [0.2, 0.25) is 5.91 Å². The van der Waals surface area contributed by atoms with E-state index in [4.69, 9.17) is 4.74 Å². The van der Waals surface area contributed by atoms with E-state index < -0.39 is 5.82 Å². The van der Waals surface area contributed by atoms with Gasteiger partial charge in [-0.2, -0.15) is 0 Å². The molecule has 1 saturated heterocycles. The lowest BCUT2D eigenvalue weighted by atomic mass is 9.97. The molecule has 1 N–H and O–H groups in total. The van der Waals surface area contributed by atoms with Crippen molar-refractivity contribution >= 4 is 24.4 Å². The molecule has 1 aromatic carbocycles. The fourth-order valence-electron chi connectivity index (χ4n) is 2.71. The molecule has 128 valence electrons. The van der Waals surface area contributed by atoms with Crippen molar-refractivity contribution in [2.24, 2.45) is 5.92 Å². The van der Waals surface area contributed by atoms with E-state index in [0.29, 0.717) is 11.5 Å². The summed E-state index contributed by atoms with van der Waals surface area (Å²) in [7, 11) is 3.38. The maximum atomic E-state index is 13.6. The van der Waals surface area contributed by atoms with Gasteiger partial charge in [0.1, 0.15) is 0 Å². The van der Waals surface area contributed by atoms with Gasteiger partial charge in [-0.25, -0.2) is 4.39 Å². The van der Waals surface area contributed by atoms with Gasteiger partial charge in [0.25, 0.3) is 0 Å². The van der Waals surface area contributed by atoms with Crippen LogP contribution in [-0.2, 0) is 4.79 Å². The fraction of sp³-hybridized carbons (Fsp3) is 0.471. The molecule has 4 nitrogen and oxygen atoms in total. The zero-order valence-corrected chi connectivity index (χ0v) is 14.4. The molecule has 0 spiro atoms. The fourth-order valence-corrected chi connectivity index (χ4v) is 2.71. The van der Waals surface area contributed by atoms with Crippen molar-refractivity contribution in [3.05, 3.63) is 35.7 Å². The van der Waals surface area contributed by atoms with Crippen LogP contribution in [0.2, 0.25) is 0 Å². The Balaban J connectivity index is 0.00000264. The number of nitrogens with one attached hydrogen (secondary N) is 1. The predicted molar refractivity (Wildman–Crippen MR) is 92.5 cm³/mol. The van der Waals surface area contributed by atoms with Crippen molar-refractivity contribution in [2.75, 3.05) is 33.8 Å². The number of rotatable bonds is 5. The molecule has 1 fully saturated rings. The molecular formula is C17H24ClFN2O2. The summed E-state index contributed by atoms with van der Waals surface area (Å²) in [6, 6.07) is 4.65. The molecule has 1 aromatic rings. The Morgan fingerprint density at radius 1 is 1.43 bits per heavy atom. The second-order valence-corrected chi connectivity index (χ2v) is 5.55. The Hall–Kier alpha value is -1.59. The van der Waals surface area contributed by atoms with Crippen molar-refractivity contribution in [1.82, 2.24) is 10.2 Å². The van der Waals surface area contributed by atoms with Gasteiger partial charge in [0.15, 0.2) is 11.6 Å². The van der Waals surface area contributed by atoms with Crippen molar-refractivity contribution < 1.29 is 13.9 Å². The van der Waals surface area contributed by atoms with Crippen LogP contribution < -0.4 is 10.1 Å². The number of amides is 1. The normalized spacial score (nSPS) is 15.5. The van der Waals surface area contributed by atoms with Gasteiger partial charge in [0.05, 0.1) is 7.11 Å². The molecule has 2 rings (SSSR count). The molecule has 1 aliphatic heterocycles. The molecule has 0 unspecified atom stereocenters. The molecule has 0 aromatic heterocycles. The number of benzene rings is 1. The summed E-state index contributed by atoms with van der Waals surface area (Å²) in [4.78, 5) is 14.0. The number of likely N-dealkylation sites (tertiary alicyclic amines) is 1. The largest absolute Gasteiger partial charge is 0.494 e. The van der Waals surface area contributed by atoms with Gasteiger partial charge in [-0.15, -0.1) is 12.4 Å². The quantitative estimate of drug-likeness (QED) is 0.837. The molecular weight excluding hydrogens is 319 g/mol. The zero-order chi connectivity index (χ0) is 15.9. The first-order valence-electron chi connectivity index (χ1n) is 7.59. The first kappa shape index (κ1) is 19.5. The molecule has 0 saturated carbocycles. The summed E-state index contributed by atoms with van der Waals surface area (Å²) in [6.07, 6.45) is 5.21. The van der Waals surface area contributed by atoms with Gasteiger partial charge < -0.3 is 15.0 Å². The Labute approximate surface area is 143 Å². The molecule has 0 radical (unpaired) electrons. The highest BCUT2D eigenvalue weighted by Crippen LogP contribution is 2.19. The van der Waals surface area contributed by atoms with Gasteiger partial charge in [0, 0.05) is 19.2 Å². The molecule has 0 atom stereocenters. The topological polar surface area (TPSA) is 41.6 Å². The highest BCUT2D eigenvalue weighted by molar-refractivity contribution is 5.91. The van der Waals surface area contributed by atoms with Gasteiger partial charge in [-0.3, -0.25) is 4.79 Å². The first-order valence-corrected chi connectivity index (χ1v) is 7.59. The third kappa shape index (κ3) is 5.52. The summed E-state index contributed by atoms with van der Waals surface area (Å²) in [6.45, 7) is 2.57. The molecule has 1 heterocycles. The summed E-state index contributed by atoms with van der Waals surface area (Å²) in [5.74, 6) is 0.410. The maximum absolute atomic E-state index is 13.6. The van der Waals surface area contributed by atoms with Crippen LogP contribution in [0, 0.1) is 11.7 Å². The SMILES string of the molecule is CNCC1CCN(C(=O)C=Cc2ccc(OC)c(F)c2)CC1.Cl. The van der Waals surface area contributed by atoms with Crippen LogP contribution in [0.3, 0.4) is 0 Å². The maximum Gasteiger partial charge on any atom is 0.246 e. The van der Waals surface area contributed by atoms with Crippen molar-refractivity contribution in [3.63, 3.8) is 0 Å². The zero-order valence-electron chi connectivity index (χ0n) is 13.5. The van der Waals surface area contributed by atoms with E-state index in [-0.39, 0.29) is 24.1 Å². The number of carbonyl (C=O) groups is 1. The van der Waals surface area contributed by atoms with Crippen LogP contribution in [0.15, 0.2) is 24.3 Å². The molecule has 0 aliphatic carbocycles. The highest BCUT2D eigenvalue weighted by atomic mass is 35.5. The van der Waals surface area contributed by atoms with E-state index in [9.17, 15) is 9.18 Å². The first-order chi connectivity index (χ1) is 10.6. The van der Waals surface area contributed by atoms with Crippen molar-refractivity contribution in [3.8, 4) is 5.75 Å². The van der Waals surface area contributed by atoms with Crippen molar-refractivity contribution in [1.29, 1.82) is 0 Å². The lowest BCUT2D eigenvalue weighted by molar-refractivity contribution is -0.127. The third-order valence-electron chi connectivity index (χ3n) is 4.01. The number of ether oxygens (including phenoxy) is 1. The summed E-state index contributed by atoms with van der Waals surface area (Å²) in [5, 5.41) is 3.18. The molecule has 23 heavy (non-hydrogen) atoms.